The standard InChI is InChI=1S/C16H27O5PS/c1-14(2)7-5-4-6-12-22(17,18)13-21-23(19,20)16-10-8-15(3)9-11-16/h8-11,14H,4-7,12-13H2,1-3H3,(H,17,18)/p-1. The Morgan fingerprint density at radius 1 is 1.13 bits per heavy atom. The summed E-state index contributed by atoms with van der Waals surface area (Å²) >= 11 is 0. The van der Waals surface area contributed by atoms with Gasteiger partial charge >= 0.3 is 0 Å². The lowest BCUT2D eigenvalue weighted by atomic mass is 10.1. The van der Waals surface area contributed by atoms with E-state index in [1.165, 1.54) is 12.1 Å². The smallest absolute Gasteiger partial charge is 0.297 e. The van der Waals surface area contributed by atoms with Gasteiger partial charge in [-0.1, -0.05) is 50.8 Å². The summed E-state index contributed by atoms with van der Waals surface area (Å²) < 4.78 is 40.5. The molecule has 0 aromatic heterocycles. The van der Waals surface area contributed by atoms with Gasteiger partial charge in [0.15, 0.2) is 0 Å². The van der Waals surface area contributed by atoms with Gasteiger partial charge in [0.2, 0.25) is 0 Å². The van der Waals surface area contributed by atoms with E-state index in [-0.39, 0.29) is 11.1 Å². The highest BCUT2D eigenvalue weighted by molar-refractivity contribution is 7.87. The van der Waals surface area contributed by atoms with Crippen molar-refractivity contribution in [3.63, 3.8) is 0 Å². The lowest BCUT2D eigenvalue weighted by Crippen LogP contribution is -2.15. The van der Waals surface area contributed by atoms with Crippen LogP contribution in [-0.2, 0) is 18.9 Å². The number of unbranched alkanes of at least 4 members (excludes halogenated alkanes) is 2. The van der Waals surface area contributed by atoms with Crippen molar-refractivity contribution in [2.45, 2.75) is 51.3 Å². The third-order valence-electron chi connectivity index (χ3n) is 3.49. The lowest BCUT2D eigenvalue weighted by molar-refractivity contribution is -0.177. The molecule has 7 heteroatoms. The normalized spacial score (nSPS) is 14.8. The summed E-state index contributed by atoms with van der Waals surface area (Å²) in [5.41, 5.74) is 0.917. The second-order valence-corrected chi connectivity index (χ2v) is 10.2. The van der Waals surface area contributed by atoms with Crippen LogP contribution in [0.1, 0.15) is 45.1 Å². The summed E-state index contributed by atoms with van der Waals surface area (Å²) in [6.45, 7) is 6.09. The minimum Gasteiger partial charge on any atom is -0.798 e. The first-order valence-electron chi connectivity index (χ1n) is 7.87. The minimum atomic E-state index is -4.03. The minimum absolute atomic E-state index is 0.0193. The molecule has 1 unspecified atom stereocenters. The van der Waals surface area contributed by atoms with Crippen LogP contribution in [0.25, 0.3) is 0 Å². The summed E-state index contributed by atoms with van der Waals surface area (Å²) in [5.74, 6) is 0.608. The van der Waals surface area contributed by atoms with E-state index in [0.29, 0.717) is 12.3 Å². The zero-order valence-electron chi connectivity index (χ0n) is 14.0. The van der Waals surface area contributed by atoms with Gasteiger partial charge in [0.05, 0.1) is 4.90 Å². The first kappa shape index (κ1) is 20.4. The molecular weight excluding hydrogens is 335 g/mol. The van der Waals surface area contributed by atoms with E-state index in [1.54, 1.807) is 12.1 Å². The SMILES string of the molecule is Cc1ccc(S(=O)(=O)OCP(=O)([O-])CCCCCC(C)C)cc1. The second kappa shape index (κ2) is 8.97. The fraction of sp³-hybridized carbons (Fsp3) is 0.625. The predicted molar refractivity (Wildman–Crippen MR) is 90.1 cm³/mol. The molecule has 1 rings (SSSR count). The lowest BCUT2D eigenvalue weighted by Gasteiger charge is -2.22. The monoisotopic (exact) mass is 361 g/mol. The summed E-state index contributed by atoms with van der Waals surface area (Å²) in [7, 11) is -7.86. The molecule has 0 aliphatic carbocycles. The van der Waals surface area contributed by atoms with Crippen LogP contribution in [0.2, 0.25) is 0 Å². The van der Waals surface area contributed by atoms with Crippen LogP contribution in [0.3, 0.4) is 0 Å². The summed E-state index contributed by atoms with van der Waals surface area (Å²) in [6.07, 6.45) is 2.64. The van der Waals surface area contributed by atoms with Crippen LogP contribution in [-0.4, -0.2) is 20.9 Å². The molecule has 1 aromatic rings. The molecule has 0 saturated heterocycles. The number of aryl methyl sites for hydroxylation is 1. The fourth-order valence-corrected chi connectivity index (χ4v) is 4.71. The molecule has 1 aromatic carbocycles. The Balaban J connectivity index is 2.45. The van der Waals surface area contributed by atoms with Crippen LogP contribution < -0.4 is 4.89 Å². The molecule has 0 spiro atoms. The van der Waals surface area contributed by atoms with E-state index >= 15 is 0 Å². The van der Waals surface area contributed by atoms with Gasteiger partial charge in [0.1, 0.15) is 6.35 Å². The van der Waals surface area contributed by atoms with E-state index in [1.807, 2.05) is 6.92 Å². The number of benzene rings is 1. The van der Waals surface area contributed by atoms with Crippen LogP contribution in [0, 0.1) is 12.8 Å². The summed E-state index contributed by atoms with van der Waals surface area (Å²) in [5, 5.41) is 0. The Bertz CT molecular complexity index is 622. The predicted octanol–water partition coefficient (Wildman–Crippen LogP) is 3.51. The van der Waals surface area contributed by atoms with Gasteiger partial charge in [0.25, 0.3) is 10.1 Å². The van der Waals surface area contributed by atoms with Crippen molar-refractivity contribution in [2.24, 2.45) is 5.92 Å². The van der Waals surface area contributed by atoms with Crippen molar-refractivity contribution in [1.82, 2.24) is 0 Å². The van der Waals surface area contributed by atoms with Crippen molar-refractivity contribution in [3.05, 3.63) is 29.8 Å². The molecule has 0 heterocycles. The molecule has 5 nitrogen and oxygen atoms in total. The van der Waals surface area contributed by atoms with E-state index in [0.717, 1.165) is 24.8 Å². The Kier molecular flexibility index (Phi) is 7.95. The van der Waals surface area contributed by atoms with Gasteiger partial charge < -0.3 is 9.46 Å². The van der Waals surface area contributed by atoms with Crippen molar-refractivity contribution >= 4 is 17.5 Å². The maximum atomic E-state index is 12.0. The van der Waals surface area contributed by atoms with Crippen molar-refractivity contribution in [3.8, 4) is 0 Å². The zero-order valence-corrected chi connectivity index (χ0v) is 15.7. The third-order valence-corrected chi connectivity index (χ3v) is 6.47. The first-order valence-corrected chi connectivity index (χ1v) is 11.3. The third kappa shape index (κ3) is 8.11. The quantitative estimate of drug-likeness (QED) is 0.362. The Labute approximate surface area is 139 Å². The molecule has 23 heavy (non-hydrogen) atoms. The molecule has 132 valence electrons. The summed E-state index contributed by atoms with van der Waals surface area (Å²) in [4.78, 5) is 11.9. The molecular formula is C16H26O5PS-. The van der Waals surface area contributed by atoms with Gasteiger partial charge in [0, 0.05) is 7.37 Å². The molecule has 0 aliphatic rings. The average Bonchev–Trinajstić information content (AvgIpc) is 2.45. The Morgan fingerprint density at radius 2 is 1.74 bits per heavy atom. The molecule has 0 saturated carbocycles. The van der Waals surface area contributed by atoms with Gasteiger partial charge in [-0.15, -0.1) is 0 Å². The first-order chi connectivity index (χ1) is 10.6. The molecule has 0 amide bonds. The van der Waals surface area contributed by atoms with Crippen LogP contribution in [0.15, 0.2) is 29.2 Å². The van der Waals surface area contributed by atoms with Crippen molar-refractivity contribution in [2.75, 3.05) is 12.5 Å². The van der Waals surface area contributed by atoms with Gasteiger partial charge in [-0.3, -0.25) is 4.18 Å². The van der Waals surface area contributed by atoms with Crippen LogP contribution in [0.4, 0.5) is 0 Å². The van der Waals surface area contributed by atoms with Crippen LogP contribution in [0.5, 0.6) is 0 Å². The number of rotatable bonds is 10. The van der Waals surface area contributed by atoms with Gasteiger partial charge in [-0.2, -0.15) is 8.42 Å². The van der Waals surface area contributed by atoms with Gasteiger partial charge in [-0.05, 0) is 37.6 Å². The van der Waals surface area contributed by atoms with E-state index in [2.05, 4.69) is 13.8 Å². The fourth-order valence-electron chi connectivity index (χ4n) is 2.07. The zero-order chi connectivity index (χ0) is 17.5. The number of hydrogen-bond donors (Lipinski definition) is 0. The van der Waals surface area contributed by atoms with Crippen LogP contribution >= 0.6 is 7.37 Å². The Morgan fingerprint density at radius 3 is 2.30 bits per heavy atom. The largest absolute Gasteiger partial charge is 0.798 e. The summed E-state index contributed by atoms with van der Waals surface area (Å²) in [6, 6.07) is 6.10. The average molecular weight is 361 g/mol. The molecule has 1 atom stereocenters. The topological polar surface area (TPSA) is 83.5 Å². The number of hydrogen-bond acceptors (Lipinski definition) is 5. The molecule has 0 radical (unpaired) electrons. The van der Waals surface area contributed by atoms with Gasteiger partial charge in [-0.25, -0.2) is 0 Å². The van der Waals surface area contributed by atoms with E-state index < -0.39 is 23.8 Å². The molecule has 0 N–H and O–H groups in total. The van der Waals surface area contributed by atoms with E-state index in [9.17, 15) is 17.9 Å². The maximum Gasteiger partial charge on any atom is 0.297 e. The van der Waals surface area contributed by atoms with Crippen molar-refractivity contribution in [1.29, 1.82) is 0 Å². The highest BCUT2D eigenvalue weighted by Crippen LogP contribution is 2.37. The highest BCUT2D eigenvalue weighted by Gasteiger charge is 2.18. The maximum absolute atomic E-state index is 12.0. The molecule has 0 bridgehead atoms. The second-order valence-electron chi connectivity index (χ2n) is 6.30. The van der Waals surface area contributed by atoms with Crippen molar-refractivity contribution < 1.29 is 22.1 Å². The van der Waals surface area contributed by atoms with E-state index in [4.69, 9.17) is 4.18 Å². The Hall–Kier alpha value is -0.680. The highest BCUT2D eigenvalue weighted by atomic mass is 32.2. The molecule has 0 fully saturated rings. The molecule has 0 aliphatic heterocycles.